The Morgan fingerprint density at radius 1 is 0.967 bits per heavy atom. The lowest BCUT2D eigenvalue weighted by atomic mass is 10.2. The van der Waals surface area contributed by atoms with E-state index in [1.807, 2.05) is 0 Å². The van der Waals surface area contributed by atoms with Crippen LogP contribution in [0.4, 0.5) is 23.2 Å². The number of alkyl halides is 3. The maximum Gasteiger partial charge on any atom is 0.416 e. The summed E-state index contributed by atoms with van der Waals surface area (Å²) in [6.45, 7) is -0.0137. The SMILES string of the molecule is COc1cccc(C=NNc2ccc(C(F)(F)F)cc2)c1OCc1ccccc1F. The number of ether oxygens (including phenoxy) is 2. The Morgan fingerprint density at radius 3 is 2.37 bits per heavy atom. The number of nitrogens with one attached hydrogen (secondary N) is 1. The normalized spacial score (nSPS) is 11.5. The number of hydrogen-bond acceptors (Lipinski definition) is 4. The van der Waals surface area contributed by atoms with Gasteiger partial charge in [0.05, 0.1) is 24.6 Å². The summed E-state index contributed by atoms with van der Waals surface area (Å²) in [4.78, 5) is 0. The highest BCUT2D eigenvalue weighted by atomic mass is 19.4. The smallest absolute Gasteiger partial charge is 0.416 e. The molecule has 0 aromatic heterocycles. The summed E-state index contributed by atoms with van der Waals surface area (Å²) >= 11 is 0. The number of hydrazone groups is 1. The Balaban J connectivity index is 1.74. The summed E-state index contributed by atoms with van der Waals surface area (Å²) in [6.07, 6.45) is -2.95. The second-order valence-electron chi connectivity index (χ2n) is 6.20. The minimum atomic E-state index is -4.40. The van der Waals surface area contributed by atoms with Gasteiger partial charge in [-0.2, -0.15) is 18.3 Å². The van der Waals surface area contributed by atoms with Gasteiger partial charge >= 0.3 is 6.18 Å². The van der Waals surface area contributed by atoms with Gasteiger partial charge in [-0.1, -0.05) is 24.3 Å². The topological polar surface area (TPSA) is 42.8 Å². The number of hydrogen-bond donors (Lipinski definition) is 1. The van der Waals surface area contributed by atoms with Crippen molar-refractivity contribution in [1.29, 1.82) is 0 Å². The van der Waals surface area contributed by atoms with Crippen LogP contribution in [0.25, 0.3) is 0 Å². The van der Waals surface area contributed by atoms with E-state index in [1.165, 1.54) is 31.5 Å². The Labute approximate surface area is 170 Å². The first-order valence-electron chi connectivity index (χ1n) is 8.88. The molecule has 156 valence electrons. The highest BCUT2D eigenvalue weighted by Crippen LogP contribution is 2.32. The third-order valence-corrected chi connectivity index (χ3v) is 4.17. The van der Waals surface area contributed by atoms with Crippen molar-refractivity contribution in [3.63, 3.8) is 0 Å². The van der Waals surface area contributed by atoms with E-state index in [0.29, 0.717) is 28.3 Å². The molecule has 0 spiro atoms. The van der Waals surface area contributed by atoms with Crippen LogP contribution < -0.4 is 14.9 Å². The van der Waals surface area contributed by atoms with Gasteiger partial charge in [-0.25, -0.2) is 4.39 Å². The van der Waals surface area contributed by atoms with Crippen LogP contribution in [0, 0.1) is 5.82 Å². The highest BCUT2D eigenvalue weighted by molar-refractivity contribution is 5.85. The Morgan fingerprint density at radius 2 is 1.70 bits per heavy atom. The van der Waals surface area contributed by atoms with E-state index in [-0.39, 0.29) is 12.4 Å². The minimum Gasteiger partial charge on any atom is -0.493 e. The van der Waals surface area contributed by atoms with Crippen LogP contribution in [0.15, 0.2) is 71.8 Å². The first kappa shape index (κ1) is 21.2. The molecule has 0 aliphatic heterocycles. The summed E-state index contributed by atoms with van der Waals surface area (Å²) in [5.74, 6) is 0.414. The van der Waals surface area contributed by atoms with Crippen LogP contribution in [0.1, 0.15) is 16.7 Å². The molecule has 4 nitrogen and oxygen atoms in total. The Kier molecular flexibility index (Phi) is 6.56. The molecule has 0 amide bonds. The van der Waals surface area contributed by atoms with Crippen LogP contribution in [-0.2, 0) is 12.8 Å². The number of rotatable bonds is 7. The summed E-state index contributed by atoms with van der Waals surface area (Å²) in [5.41, 5.74) is 3.24. The largest absolute Gasteiger partial charge is 0.493 e. The van der Waals surface area contributed by atoms with Gasteiger partial charge in [0.2, 0.25) is 0 Å². The number of nitrogens with zero attached hydrogens (tertiary/aromatic N) is 1. The molecule has 0 heterocycles. The van der Waals surface area contributed by atoms with Gasteiger partial charge in [0, 0.05) is 11.1 Å². The molecule has 0 saturated heterocycles. The third-order valence-electron chi connectivity index (χ3n) is 4.17. The molecule has 0 aliphatic rings. The summed E-state index contributed by atoms with van der Waals surface area (Å²) in [6, 6.07) is 15.9. The fourth-order valence-electron chi connectivity index (χ4n) is 2.63. The van der Waals surface area contributed by atoms with Crippen molar-refractivity contribution in [2.45, 2.75) is 12.8 Å². The number of anilines is 1. The van der Waals surface area contributed by atoms with Gasteiger partial charge in [-0.15, -0.1) is 0 Å². The van der Waals surface area contributed by atoms with Crippen molar-refractivity contribution in [3.05, 3.63) is 89.2 Å². The third kappa shape index (κ3) is 5.28. The first-order valence-corrected chi connectivity index (χ1v) is 8.88. The Hall–Kier alpha value is -3.55. The van der Waals surface area contributed by atoms with E-state index in [0.717, 1.165) is 12.1 Å². The van der Waals surface area contributed by atoms with Crippen molar-refractivity contribution >= 4 is 11.9 Å². The van der Waals surface area contributed by atoms with Crippen molar-refractivity contribution in [2.24, 2.45) is 5.10 Å². The van der Waals surface area contributed by atoms with E-state index >= 15 is 0 Å². The number of benzene rings is 3. The van der Waals surface area contributed by atoms with E-state index in [4.69, 9.17) is 9.47 Å². The maximum absolute atomic E-state index is 13.8. The fraction of sp³-hybridized carbons (Fsp3) is 0.136. The van der Waals surface area contributed by atoms with Crippen LogP contribution in [-0.4, -0.2) is 13.3 Å². The van der Waals surface area contributed by atoms with E-state index in [2.05, 4.69) is 10.5 Å². The van der Waals surface area contributed by atoms with Crippen LogP contribution in [0.2, 0.25) is 0 Å². The standard InChI is InChI=1S/C22H18F4N2O2/c1-29-20-8-4-6-15(21(20)30-14-16-5-2-3-7-19(16)23)13-27-28-18-11-9-17(10-12-18)22(24,25)26/h2-13,28H,14H2,1H3. The van der Waals surface area contributed by atoms with Gasteiger partial charge in [0.15, 0.2) is 11.5 Å². The zero-order valence-electron chi connectivity index (χ0n) is 15.9. The minimum absolute atomic E-state index is 0.0137. The van der Waals surface area contributed by atoms with Crippen LogP contribution >= 0.6 is 0 Å². The number of methoxy groups -OCH3 is 1. The molecule has 0 aliphatic carbocycles. The molecular weight excluding hydrogens is 400 g/mol. The molecule has 3 rings (SSSR count). The van der Waals surface area contributed by atoms with Crippen molar-refractivity contribution in [2.75, 3.05) is 12.5 Å². The number of halogens is 4. The van der Waals surface area contributed by atoms with Gasteiger partial charge in [0.25, 0.3) is 0 Å². The summed E-state index contributed by atoms with van der Waals surface area (Å²) < 4.78 is 62.8. The zero-order chi connectivity index (χ0) is 21.6. The lowest BCUT2D eigenvalue weighted by Gasteiger charge is -2.13. The molecule has 8 heteroatoms. The average molecular weight is 418 g/mol. The summed E-state index contributed by atoms with van der Waals surface area (Å²) in [7, 11) is 1.48. The van der Waals surface area contributed by atoms with Gasteiger partial charge < -0.3 is 9.47 Å². The van der Waals surface area contributed by atoms with Crippen molar-refractivity contribution < 1.29 is 27.0 Å². The maximum atomic E-state index is 13.8. The zero-order valence-corrected chi connectivity index (χ0v) is 15.9. The second kappa shape index (κ2) is 9.30. The lowest BCUT2D eigenvalue weighted by molar-refractivity contribution is -0.137. The molecule has 1 N–H and O–H groups in total. The average Bonchev–Trinajstić information content (AvgIpc) is 2.73. The van der Waals surface area contributed by atoms with Crippen molar-refractivity contribution in [3.8, 4) is 11.5 Å². The molecule has 0 bridgehead atoms. The molecule has 3 aromatic carbocycles. The second-order valence-corrected chi connectivity index (χ2v) is 6.20. The molecule has 3 aromatic rings. The molecule has 0 radical (unpaired) electrons. The van der Waals surface area contributed by atoms with E-state index in [1.54, 1.807) is 36.4 Å². The lowest BCUT2D eigenvalue weighted by Crippen LogP contribution is -2.04. The van der Waals surface area contributed by atoms with Crippen molar-refractivity contribution in [1.82, 2.24) is 0 Å². The predicted molar refractivity (Wildman–Crippen MR) is 106 cm³/mol. The first-order chi connectivity index (χ1) is 14.4. The molecule has 0 unspecified atom stereocenters. The van der Waals surface area contributed by atoms with Gasteiger partial charge in [-0.05, 0) is 42.5 Å². The van der Waals surface area contributed by atoms with Crippen LogP contribution in [0.5, 0.6) is 11.5 Å². The molecule has 0 saturated carbocycles. The fourth-order valence-corrected chi connectivity index (χ4v) is 2.63. The molecule has 30 heavy (non-hydrogen) atoms. The monoisotopic (exact) mass is 418 g/mol. The Bertz CT molecular complexity index is 1020. The molecule has 0 atom stereocenters. The van der Waals surface area contributed by atoms with Gasteiger partial charge in [-0.3, -0.25) is 5.43 Å². The summed E-state index contributed by atoms with van der Waals surface area (Å²) in [5, 5.41) is 4.05. The highest BCUT2D eigenvalue weighted by Gasteiger charge is 2.29. The predicted octanol–water partition coefficient (Wildman–Crippen LogP) is 5.88. The molecular formula is C22H18F4N2O2. The van der Waals surface area contributed by atoms with E-state index < -0.39 is 11.7 Å². The van der Waals surface area contributed by atoms with Crippen LogP contribution in [0.3, 0.4) is 0 Å². The number of para-hydroxylation sites is 1. The van der Waals surface area contributed by atoms with E-state index in [9.17, 15) is 17.6 Å². The quantitative estimate of drug-likeness (QED) is 0.296. The molecule has 0 fully saturated rings. The van der Waals surface area contributed by atoms with Gasteiger partial charge in [0.1, 0.15) is 12.4 Å².